The van der Waals surface area contributed by atoms with Crippen molar-refractivity contribution in [2.75, 3.05) is 4.90 Å². The van der Waals surface area contributed by atoms with Gasteiger partial charge in [-0.3, -0.25) is 13.7 Å². The number of imidazole rings is 1. The minimum absolute atomic E-state index is 0.105. The number of anilines is 3. The second-order valence-corrected chi connectivity index (χ2v) is 17.6. The fourth-order valence-electron chi connectivity index (χ4n) is 9.25. The highest BCUT2D eigenvalue weighted by atomic mass is 15.2. The molecule has 0 radical (unpaired) electrons. The Kier molecular flexibility index (Phi) is 7.37. The maximum atomic E-state index is 9.20. The van der Waals surface area contributed by atoms with Crippen LogP contribution in [-0.2, 0) is 5.41 Å². The Morgan fingerprint density at radius 1 is 0.537 bits per heavy atom. The molecule has 0 bridgehead atoms. The number of nitrogens with zero attached hydrogens (tertiary/aromatic N) is 5. The lowest BCUT2D eigenvalue weighted by Gasteiger charge is -2.26. The van der Waals surface area contributed by atoms with Gasteiger partial charge in [-0.05, 0) is 117 Å². The molecular weight excluding hydrogens is 815 g/mol. The summed E-state index contributed by atoms with van der Waals surface area (Å²) in [7, 11) is 0. The summed E-state index contributed by atoms with van der Waals surface area (Å²) in [5.41, 5.74) is 7.86. The fourth-order valence-corrected chi connectivity index (χ4v) is 9.25. The third-order valence-corrected chi connectivity index (χ3v) is 12.4. The molecule has 3 heterocycles. The van der Waals surface area contributed by atoms with Crippen molar-refractivity contribution >= 4 is 60.7 Å². The summed E-state index contributed by atoms with van der Waals surface area (Å²) in [6, 6.07) is 48.8. The topological polar surface area (TPSA) is 29.9 Å². The van der Waals surface area contributed by atoms with Crippen molar-refractivity contribution in [1.82, 2.24) is 14.1 Å². The molecule has 5 heteroatoms. The van der Waals surface area contributed by atoms with E-state index in [1.165, 1.54) is 5.56 Å². The van der Waals surface area contributed by atoms with E-state index in [1.807, 2.05) is 89.6 Å². The second-order valence-electron chi connectivity index (χ2n) is 17.6. The minimum atomic E-state index is -0.566. The summed E-state index contributed by atoms with van der Waals surface area (Å²) in [5, 5.41) is 3.95. The third-order valence-electron chi connectivity index (χ3n) is 12.4. The molecule has 12 rings (SSSR count). The number of hydrogen-bond acceptors (Lipinski definition) is 2. The van der Waals surface area contributed by atoms with Gasteiger partial charge >= 0.3 is 0 Å². The van der Waals surface area contributed by atoms with E-state index in [4.69, 9.17) is 13.2 Å². The number of benzene rings is 9. The molecule has 12 aromatic rings. The van der Waals surface area contributed by atoms with Crippen LogP contribution in [0, 0.1) is 6.33 Å². The molecule has 0 atom stereocenters. The molecule has 3 aromatic heterocycles. The third kappa shape index (κ3) is 7.04. The van der Waals surface area contributed by atoms with E-state index in [0.29, 0.717) is 16.7 Å². The van der Waals surface area contributed by atoms with Crippen LogP contribution < -0.4 is 9.47 Å². The molecule has 0 unspecified atom stereocenters. The second kappa shape index (κ2) is 16.2. The molecule has 0 fully saturated rings. The predicted molar refractivity (Wildman–Crippen MR) is 278 cm³/mol. The highest BCUT2D eigenvalue weighted by molar-refractivity contribution is 6.10. The monoisotopic (exact) mass is 871 g/mol. The van der Waals surface area contributed by atoms with Crippen LogP contribution in [0.2, 0.25) is 0 Å². The first-order valence-corrected chi connectivity index (χ1v) is 22.1. The first-order chi connectivity index (χ1) is 37.0. The number of rotatable bonds is 8. The molecule has 0 amide bonds. The molecule has 5 nitrogen and oxygen atoms in total. The van der Waals surface area contributed by atoms with E-state index >= 15 is 0 Å². The lowest BCUT2D eigenvalue weighted by atomic mass is 9.88. The maximum absolute atomic E-state index is 9.20. The quantitative estimate of drug-likeness (QED) is 0.112. The standard InChI is InChI=1S/C62H47N5/c1-62(2,3)47-35-36-63-60(39-47)67-56-32-16-15-29-54(56)55-34-33-51(41-57(55)67)66(48-25-11-6-12-26-48)50-28-17-27-49(40-50)64-42-65(59-38-46-24-14-13-23-45(46)37-58(59)64)61-52(43-19-7-4-8-20-43)30-18-31-53(61)44-21-9-5-10-22-44/h4-41H,1-3H3/i4D,5D,7D,8D,9D,10D,19D,20D,21D,22D. The molecule has 0 saturated carbocycles. The summed E-state index contributed by atoms with van der Waals surface area (Å²) in [4.78, 5) is 7.14. The minimum Gasteiger partial charge on any atom is -0.311 e. The van der Waals surface area contributed by atoms with Gasteiger partial charge in [0.1, 0.15) is 5.82 Å². The van der Waals surface area contributed by atoms with Crippen LogP contribution in [0.3, 0.4) is 0 Å². The van der Waals surface area contributed by atoms with Crippen molar-refractivity contribution in [1.29, 1.82) is 0 Å². The first-order valence-electron chi connectivity index (χ1n) is 27.1. The highest BCUT2D eigenvalue weighted by Gasteiger charge is 2.23. The number of fused-ring (bicyclic) bond motifs is 5. The molecule has 320 valence electrons. The fraction of sp³-hybridized carbons (Fsp3) is 0.0645. The predicted octanol–water partition coefficient (Wildman–Crippen LogP) is 15.5. The Balaban J connectivity index is 1.12. The van der Waals surface area contributed by atoms with Gasteiger partial charge in [0.25, 0.3) is 6.33 Å². The average molecular weight is 872 g/mol. The van der Waals surface area contributed by atoms with Gasteiger partial charge in [0.05, 0.1) is 47.1 Å². The molecular formula is C62H47N5. The van der Waals surface area contributed by atoms with Crippen LogP contribution in [0.5, 0.6) is 0 Å². The lowest BCUT2D eigenvalue weighted by molar-refractivity contribution is -0.571. The van der Waals surface area contributed by atoms with Crippen molar-refractivity contribution < 1.29 is 18.3 Å². The smallest absolute Gasteiger partial charge is 0.269 e. The van der Waals surface area contributed by atoms with Crippen LogP contribution in [0.4, 0.5) is 17.1 Å². The molecule has 9 aromatic carbocycles. The van der Waals surface area contributed by atoms with Crippen molar-refractivity contribution in [2.24, 2.45) is 0 Å². The number of hydrogen-bond donors (Lipinski definition) is 0. The van der Waals surface area contributed by atoms with Crippen LogP contribution in [0.15, 0.2) is 230 Å². The van der Waals surface area contributed by atoms with Gasteiger partial charge in [0.2, 0.25) is 0 Å². The number of aromatic nitrogens is 4. The molecule has 0 N–H and O–H groups in total. The zero-order valence-electron chi connectivity index (χ0n) is 46.9. The normalized spacial score (nSPS) is 13.9. The van der Waals surface area contributed by atoms with E-state index in [-0.39, 0.29) is 33.4 Å². The Labute approximate surface area is 404 Å². The van der Waals surface area contributed by atoms with E-state index in [2.05, 4.69) is 103 Å². The van der Waals surface area contributed by atoms with Crippen LogP contribution in [0.1, 0.15) is 40.0 Å². The van der Waals surface area contributed by atoms with Gasteiger partial charge in [-0.1, -0.05) is 172 Å². The molecule has 0 aliphatic rings. The summed E-state index contributed by atoms with van der Waals surface area (Å²) in [5.74, 6) is 0.813. The molecule has 0 spiro atoms. The van der Waals surface area contributed by atoms with Crippen molar-refractivity contribution in [2.45, 2.75) is 26.2 Å². The molecule has 67 heavy (non-hydrogen) atoms. The van der Waals surface area contributed by atoms with E-state index in [1.54, 1.807) is 22.8 Å². The largest absolute Gasteiger partial charge is 0.311 e. The van der Waals surface area contributed by atoms with E-state index in [9.17, 15) is 5.48 Å². The van der Waals surface area contributed by atoms with Gasteiger partial charge in [-0.2, -0.15) is 0 Å². The van der Waals surface area contributed by atoms with Crippen LogP contribution in [0.25, 0.3) is 83.1 Å². The van der Waals surface area contributed by atoms with Gasteiger partial charge in [0.15, 0.2) is 0 Å². The van der Waals surface area contributed by atoms with Gasteiger partial charge in [-0.15, -0.1) is 0 Å². The maximum Gasteiger partial charge on any atom is 0.269 e. The van der Waals surface area contributed by atoms with Crippen molar-refractivity contribution in [3.8, 4) is 39.4 Å². The Hall–Kier alpha value is -8.54. The zero-order chi connectivity index (χ0) is 53.8. The number of pyridine rings is 1. The first kappa shape index (κ1) is 30.6. The Bertz CT molecular complexity index is 4260. The van der Waals surface area contributed by atoms with Crippen LogP contribution >= 0.6 is 0 Å². The summed E-state index contributed by atoms with van der Waals surface area (Å²) in [6.45, 7) is 6.59. The van der Waals surface area contributed by atoms with Crippen molar-refractivity contribution in [3.05, 3.63) is 242 Å². The van der Waals surface area contributed by atoms with E-state index < -0.39 is 60.4 Å². The highest BCUT2D eigenvalue weighted by Crippen LogP contribution is 2.41. The Morgan fingerprint density at radius 3 is 1.90 bits per heavy atom. The average Bonchev–Trinajstić information content (AvgIpc) is 4.21. The van der Waals surface area contributed by atoms with E-state index in [0.717, 1.165) is 55.5 Å². The van der Waals surface area contributed by atoms with Gasteiger partial charge in [-0.25, -0.2) is 4.98 Å². The number of para-hydroxylation sites is 3. The lowest BCUT2D eigenvalue weighted by Crippen LogP contribution is -2.31. The molecule has 0 aliphatic carbocycles. The van der Waals surface area contributed by atoms with Crippen molar-refractivity contribution in [3.63, 3.8) is 0 Å². The molecule has 0 saturated heterocycles. The Morgan fingerprint density at radius 2 is 1.16 bits per heavy atom. The SMILES string of the molecule is [2H]c1c([2H])c([2H])c(-c2cccc(-c3c([2H])c([2H])c([2H])c([2H])c3[2H])c2-[n+]2[c-]n(-c3cccc(N(c4ccccc4)c4ccc5c6ccccc6n(-c6cc(C(C)(C)C)ccn6)c5c4)c3)c3cc4ccccc4cc32)c([2H])c1[2H]. The van der Waals surface area contributed by atoms with Crippen LogP contribution in [-0.4, -0.2) is 14.1 Å². The molecule has 0 aliphatic heterocycles. The zero-order valence-corrected chi connectivity index (χ0v) is 36.9. The van der Waals surface area contributed by atoms with Gasteiger partial charge in [0, 0.05) is 34.0 Å². The van der Waals surface area contributed by atoms with Gasteiger partial charge < -0.3 is 4.90 Å². The summed E-state index contributed by atoms with van der Waals surface area (Å²) >= 11 is 0. The summed E-state index contributed by atoms with van der Waals surface area (Å²) in [6.07, 6.45) is 5.48. The summed E-state index contributed by atoms with van der Waals surface area (Å²) < 4.78 is 94.4.